The molecule has 16 heavy (non-hydrogen) atoms. The second-order valence-corrected chi connectivity index (χ2v) is 5.70. The van der Waals surface area contributed by atoms with Crippen molar-refractivity contribution in [3.63, 3.8) is 0 Å². The third-order valence-corrected chi connectivity index (χ3v) is 2.90. The number of benzene rings is 1. The highest BCUT2D eigenvalue weighted by Gasteiger charge is 2.10. The summed E-state index contributed by atoms with van der Waals surface area (Å²) < 4.78 is 24.2. The highest BCUT2D eigenvalue weighted by Crippen LogP contribution is 2.15. The standard InChI is InChI=1S/C11H11N2O2S/c1-16(14,15)9-10-5-2-3-6-11(10)13-8-4-7-12-13/h2-5,7-8H,9H2,1H3. The van der Waals surface area contributed by atoms with Crippen molar-refractivity contribution in [2.75, 3.05) is 6.26 Å². The molecule has 1 heterocycles. The van der Waals surface area contributed by atoms with Crippen molar-refractivity contribution >= 4 is 9.84 Å². The summed E-state index contributed by atoms with van der Waals surface area (Å²) in [5.74, 6) is -0.000463. The zero-order valence-corrected chi connectivity index (χ0v) is 9.61. The maximum Gasteiger partial charge on any atom is 0.151 e. The first-order chi connectivity index (χ1) is 7.56. The molecule has 4 nitrogen and oxygen atoms in total. The molecule has 5 heteroatoms. The van der Waals surface area contributed by atoms with Gasteiger partial charge in [0, 0.05) is 24.7 Å². The van der Waals surface area contributed by atoms with Crippen molar-refractivity contribution in [3.8, 4) is 5.69 Å². The molecule has 0 aliphatic rings. The molecular formula is C11H11N2O2S. The molecule has 0 saturated heterocycles. The molecule has 83 valence electrons. The molecular weight excluding hydrogens is 224 g/mol. The number of nitrogens with zero attached hydrogens (tertiary/aromatic N) is 2. The Bertz CT molecular complexity index is 574. The highest BCUT2D eigenvalue weighted by molar-refractivity contribution is 7.89. The van der Waals surface area contributed by atoms with Crippen molar-refractivity contribution < 1.29 is 8.42 Å². The number of rotatable bonds is 3. The van der Waals surface area contributed by atoms with E-state index in [1.807, 2.05) is 0 Å². The van der Waals surface area contributed by atoms with Gasteiger partial charge in [-0.1, -0.05) is 18.2 Å². The zero-order valence-electron chi connectivity index (χ0n) is 8.79. The third kappa shape index (κ3) is 2.49. The second-order valence-electron chi connectivity index (χ2n) is 3.56. The summed E-state index contributed by atoms with van der Waals surface area (Å²) in [5, 5.41) is 4.07. The lowest BCUT2D eigenvalue weighted by Gasteiger charge is -2.07. The fourth-order valence-corrected chi connectivity index (χ4v) is 2.27. The summed E-state index contributed by atoms with van der Waals surface area (Å²) in [6, 6.07) is 10.1. The molecule has 0 amide bonds. The van der Waals surface area contributed by atoms with Crippen molar-refractivity contribution in [2.45, 2.75) is 5.75 Å². The van der Waals surface area contributed by atoms with E-state index in [0.717, 1.165) is 0 Å². The minimum Gasteiger partial charge on any atom is -0.240 e. The molecule has 0 N–H and O–H groups in total. The van der Waals surface area contributed by atoms with E-state index in [-0.39, 0.29) is 5.75 Å². The van der Waals surface area contributed by atoms with Crippen LogP contribution >= 0.6 is 0 Å². The topological polar surface area (TPSA) is 52.0 Å². The van der Waals surface area contributed by atoms with Gasteiger partial charge in [-0.3, -0.25) is 0 Å². The average molecular weight is 235 g/mol. The van der Waals surface area contributed by atoms with E-state index in [9.17, 15) is 8.42 Å². The van der Waals surface area contributed by atoms with E-state index in [2.05, 4.69) is 11.2 Å². The van der Waals surface area contributed by atoms with E-state index in [1.54, 1.807) is 41.3 Å². The predicted octanol–water partition coefficient (Wildman–Crippen LogP) is 1.22. The fourth-order valence-electron chi connectivity index (χ4n) is 1.48. The number of aromatic nitrogens is 2. The number of hydrogen-bond acceptors (Lipinski definition) is 3. The predicted molar refractivity (Wildman–Crippen MR) is 60.9 cm³/mol. The van der Waals surface area contributed by atoms with Crippen LogP contribution < -0.4 is 0 Å². The lowest BCUT2D eigenvalue weighted by atomic mass is 10.2. The number of hydrogen-bond donors (Lipinski definition) is 0. The fraction of sp³-hybridized carbons (Fsp3) is 0.182. The van der Waals surface area contributed by atoms with E-state index in [0.29, 0.717) is 11.3 Å². The van der Waals surface area contributed by atoms with E-state index >= 15 is 0 Å². The molecule has 0 saturated carbocycles. The van der Waals surface area contributed by atoms with Gasteiger partial charge >= 0.3 is 0 Å². The van der Waals surface area contributed by atoms with Crippen LogP contribution in [-0.4, -0.2) is 24.5 Å². The van der Waals surface area contributed by atoms with E-state index in [1.165, 1.54) is 6.26 Å². The molecule has 2 aromatic rings. The molecule has 2 rings (SSSR count). The van der Waals surface area contributed by atoms with Crippen molar-refractivity contribution in [2.24, 2.45) is 0 Å². The molecule has 0 aliphatic carbocycles. The molecule has 0 aliphatic heterocycles. The largest absolute Gasteiger partial charge is 0.240 e. The summed E-state index contributed by atoms with van der Waals surface area (Å²) in [6.45, 7) is 0. The second kappa shape index (κ2) is 4.09. The summed E-state index contributed by atoms with van der Waals surface area (Å²) in [4.78, 5) is 0. The first-order valence-electron chi connectivity index (χ1n) is 4.73. The Kier molecular flexibility index (Phi) is 2.78. The SMILES string of the molecule is CS(=O)(=O)Cc1ccc[c]c1-n1cccn1. The van der Waals surface area contributed by atoms with Crippen LogP contribution in [-0.2, 0) is 15.6 Å². The van der Waals surface area contributed by atoms with Gasteiger partial charge in [0.2, 0.25) is 0 Å². The molecule has 0 atom stereocenters. The van der Waals surface area contributed by atoms with Gasteiger partial charge in [0.1, 0.15) is 0 Å². The minimum absolute atomic E-state index is 0.000463. The van der Waals surface area contributed by atoms with Gasteiger partial charge in [0.25, 0.3) is 0 Å². The Balaban J connectivity index is 2.47. The van der Waals surface area contributed by atoms with Gasteiger partial charge in [-0.2, -0.15) is 5.10 Å². The molecule has 0 unspecified atom stereocenters. The van der Waals surface area contributed by atoms with Gasteiger partial charge in [-0.05, 0) is 11.6 Å². The van der Waals surface area contributed by atoms with Gasteiger partial charge in [0.15, 0.2) is 9.84 Å². The van der Waals surface area contributed by atoms with Crippen molar-refractivity contribution in [1.29, 1.82) is 0 Å². The minimum atomic E-state index is -3.05. The monoisotopic (exact) mass is 235 g/mol. The molecule has 1 aromatic heterocycles. The lowest BCUT2D eigenvalue weighted by Crippen LogP contribution is -2.06. The first kappa shape index (κ1) is 10.9. The van der Waals surface area contributed by atoms with E-state index < -0.39 is 9.84 Å². The van der Waals surface area contributed by atoms with Crippen LogP contribution in [0.5, 0.6) is 0 Å². The van der Waals surface area contributed by atoms with Crippen LogP contribution in [0.3, 0.4) is 0 Å². The summed E-state index contributed by atoms with van der Waals surface area (Å²) in [7, 11) is -3.05. The number of sulfone groups is 1. The van der Waals surface area contributed by atoms with Crippen molar-refractivity contribution in [1.82, 2.24) is 9.78 Å². The Morgan fingerprint density at radius 1 is 1.44 bits per heavy atom. The molecule has 0 spiro atoms. The Hall–Kier alpha value is -1.62. The molecule has 1 radical (unpaired) electrons. The highest BCUT2D eigenvalue weighted by atomic mass is 32.2. The van der Waals surface area contributed by atoms with E-state index in [4.69, 9.17) is 0 Å². The molecule has 0 fully saturated rings. The first-order valence-corrected chi connectivity index (χ1v) is 6.80. The lowest BCUT2D eigenvalue weighted by molar-refractivity contribution is 0.601. The van der Waals surface area contributed by atoms with Gasteiger partial charge in [-0.25, -0.2) is 13.1 Å². The Labute approximate surface area is 94.5 Å². The Morgan fingerprint density at radius 3 is 2.88 bits per heavy atom. The molecule has 1 aromatic carbocycles. The Morgan fingerprint density at radius 2 is 2.25 bits per heavy atom. The number of para-hydroxylation sites is 1. The van der Waals surface area contributed by atoms with Crippen LogP contribution in [0.15, 0.2) is 36.7 Å². The smallest absolute Gasteiger partial charge is 0.151 e. The summed E-state index contributed by atoms with van der Waals surface area (Å²) >= 11 is 0. The summed E-state index contributed by atoms with van der Waals surface area (Å²) in [5.41, 5.74) is 1.38. The van der Waals surface area contributed by atoms with Crippen LogP contribution in [0, 0.1) is 6.07 Å². The van der Waals surface area contributed by atoms with Crippen LogP contribution in [0.25, 0.3) is 5.69 Å². The van der Waals surface area contributed by atoms with Gasteiger partial charge in [0.05, 0.1) is 11.4 Å². The normalized spacial score (nSPS) is 11.6. The summed E-state index contributed by atoms with van der Waals surface area (Å²) in [6.07, 6.45) is 4.62. The van der Waals surface area contributed by atoms with Crippen LogP contribution in [0.4, 0.5) is 0 Å². The zero-order chi connectivity index (χ0) is 11.6. The van der Waals surface area contributed by atoms with Gasteiger partial charge in [-0.15, -0.1) is 0 Å². The maximum atomic E-state index is 11.3. The average Bonchev–Trinajstić information content (AvgIpc) is 2.69. The maximum absolute atomic E-state index is 11.3. The quantitative estimate of drug-likeness (QED) is 0.803. The third-order valence-electron chi connectivity index (χ3n) is 2.07. The van der Waals surface area contributed by atoms with Gasteiger partial charge < -0.3 is 0 Å². The van der Waals surface area contributed by atoms with Crippen LogP contribution in [0.2, 0.25) is 0 Å². The molecule has 0 bridgehead atoms. The van der Waals surface area contributed by atoms with Crippen molar-refractivity contribution in [3.05, 3.63) is 48.3 Å². The van der Waals surface area contributed by atoms with Crippen LogP contribution in [0.1, 0.15) is 5.56 Å².